The Hall–Kier alpha value is -0.933. The van der Waals surface area contributed by atoms with Crippen LogP contribution in [0.25, 0.3) is 0 Å². The molecule has 17 heavy (non-hydrogen) atoms. The largest absolute Gasteiger partial charge is 0.427 e. The van der Waals surface area contributed by atoms with Crippen LogP contribution in [-0.2, 0) is 0 Å². The summed E-state index contributed by atoms with van der Waals surface area (Å²) in [6.45, 7) is 10.2. The van der Waals surface area contributed by atoms with Crippen molar-refractivity contribution in [3.63, 3.8) is 0 Å². The van der Waals surface area contributed by atoms with Gasteiger partial charge in [0.2, 0.25) is 8.32 Å². The predicted octanol–water partition coefficient (Wildman–Crippen LogP) is 2.77. The van der Waals surface area contributed by atoms with Gasteiger partial charge in [0.15, 0.2) is 0 Å². The van der Waals surface area contributed by atoms with Gasteiger partial charge in [-0.05, 0) is 23.2 Å². The van der Waals surface area contributed by atoms with Crippen LogP contribution in [0.1, 0.15) is 43.6 Å². The Morgan fingerprint density at radius 3 is 2.12 bits per heavy atom. The molecule has 2 nitrogen and oxygen atoms in total. The van der Waals surface area contributed by atoms with E-state index in [1.807, 2.05) is 52.8 Å². The van der Waals surface area contributed by atoms with E-state index in [-0.39, 0.29) is 11.1 Å². The normalized spacial score (nSPS) is 12.2. The molecule has 0 aliphatic heterocycles. The molecule has 0 radical (unpaired) electrons. The molecular formula is C14H22O2Si. The number of carbonyl (C=O) groups is 1. The molecule has 0 fully saturated rings. The molecule has 3 heteroatoms. The zero-order valence-electron chi connectivity index (χ0n) is 11.3. The first-order valence-electron chi connectivity index (χ1n) is 6.12. The summed E-state index contributed by atoms with van der Waals surface area (Å²) in [5.74, 6) is 0. The van der Waals surface area contributed by atoms with Crippen LogP contribution in [0.2, 0.25) is 11.1 Å². The van der Waals surface area contributed by atoms with Crippen LogP contribution in [-0.4, -0.2) is 19.4 Å². The van der Waals surface area contributed by atoms with Crippen LogP contribution in [0.5, 0.6) is 0 Å². The van der Waals surface area contributed by atoms with Crippen LogP contribution in [0.4, 0.5) is 0 Å². The summed E-state index contributed by atoms with van der Waals surface area (Å²) in [7, 11) is -2.61. The SMILES string of the molecule is Cc1ccc(C=O)c([Si](O)(C(C)C)C(C)C)c1. The van der Waals surface area contributed by atoms with E-state index in [0.717, 1.165) is 17.0 Å². The summed E-state index contributed by atoms with van der Waals surface area (Å²) < 4.78 is 0. The van der Waals surface area contributed by atoms with E-state index < -0.39 is 8.32 Å². The fourth-order valence-electron chi connectivity index (χ4n) is 2.41. The molecule has 0 bridgehead atoms. The van der Waals surface area contributed by atoms with Gasteiger partial charge in [-0.3, -0.25) is 4.79 Å². The third-order valence-electron chi connectivity index (χ3n) is 3.53. The molecule has 0 unspecified atom stereocenters. The third-order valence-corrected chi connectivity index (χ3v) is 8.34. The molecule has 94 valence electrons. The molecule has 1 rings (SSSR count). The fraction of sp³-hybridized carbons (Fsp3) is 0.500. The lowest BCUT2D eigenvalue weighted by Crippen LogP contribution is -2.55. The Morgan fingerprint density at radius 2 is 1.71 bits per heavy atom. The van der Waals surface area contributed by atoms with Crippen molar-refractivity contribution >= 4 is 19.8 Å². The van der Waals surface area contributed by atoms with Gasteiger partial charge >= 0.3 is 0 Å². The Balaban J connectivity index is 3.47. The van der Waals surface area contributed by atoms with Crippen LogP contribution < -0.4 is 5.19 Å². The van der Waals surface area contributed by atoms with Crippen LogP contribution in [0.3, 0.4) is 0 Å². The summed E-state index contributed by atoms with van der Waals surface area (Å²) >= 11 is 0. The summed E-state index contributed by atoms with van der Waals surface area (Å²) in [5, 5.41) is 0.887. The monoisotopic (exact) mass is 250 g/mol. The minimum absolute atomic E-state index is 0.197. The van der Waals surface area contributed by atoms with Crippen molar-refractivity contribution in [3.8, 4) is 0 Å². The summed E-state index contributed by atoms with van der Waals surface area (Å²) in [6, 6.07) is 5.72. The van der Waals surface area contributed by atoms with Gasteiger partial charge in [0, 0.05) is 5.56 Å². The predicted molar refractivity (Wildman–Crippen MR) is 74.4 cm³/mol. The molecule has 0 aromatic heterocycles. The molecule has 1 aromatic carbocycles. The van der Waals surface area contributed by atoms with E-state index in [0.29, 0.717) is 5.56 Å². The van der Waals surface area contributed by atoms with Crippen molar-refractivity contribution in [3.05, 3.63) is 29.3 Å². The zero-order chi connectivity index (χ0) is 13.2. The summed E-state index contributed by atoms with van der Waals surface area (Å²) in [6.07, 6.45) is 0.859. The van der Waals surface area contributed by atoms with Crippen molar-refractivity contribution < 1.29 is 9.59 Å². The van der Waals surface area contributed by atoms with Crippen LogP contribution >= 0.6 is 0 Å². The van der Waals surface area contributed by atoms with Crippen molar-refractivity contribution in [2.45, 2.75) is 45.7 Å². The van der Waals surface area contributed by atoms with Gasteiger partial charge in [-0.2, -0.15) is 0 Å². The summed E-state index contributed by atoms with van der Waals surface area (Å²) in [5.41, 5.74) is 2.14. The van der Waals surface area contributed by atoms with Gasteiger partial charge in [-0.1, -0.05) is 51.5 Å². The molecule has 0 saturated heterocycles. The highest BCUT2D eigenvalue weighted by molar-refractivity contribution is 6.88. The second-order valence-corrected chi connectivity index (χ2v) is 9.84. The minimum atomic E-state index is -2.61. The maximum Gasteiger partial charge on any atom is 0.225 e. The number of hydrogen-bond acceptors (Lipinski definition) is 2. The molecule has 1 N–H and O–H groups in total. The van der Waals surface area contributed by atoms with Gasteiger partial charge in [0.25, 0.3) is 0 Å². The van der Waals surface area contributed by atoms with E-state index in [1.165, 1.54) is 0 Å². The fourth-order valence-corrected chi connectivity index (χ4v) is 6.05. The van der Waals surface area contributed by atoms with E-state index in [4.69, 9.17) is 0 Å². The van der Waals surface area contributed by atoms with Crippen molar-refractivity contribution in [1.82, 2.24) is 0 Å². The Kier molecular flexibility index (Phi) is 4.28. The van der Waals surface area contributed by atoms with E-state index in [1.54, 1.807) is 0 Å². The number of aldehydes is 1. The van der Waals surface area contributed by atoms with E-state index >= 15 is 0 Å². The first kappa shape index (κ1) is 14.1. The second kappa shape index (κ2) is 5.15. The van der Waals surface area contributed by atoms with Crippen molar-refractivity contribution in [1.29, 1.82) is 0 Å². The lowest BCUT2D eigenvalue weighted by Gasteiger charge is -2.34. The smallest absolute Gasteiger partial charge is 0.225 e. The van der Waals surface area contributed by atoms with Gasteiger partial charge in [0.1, 0.15) is 6.29 Å². The standard InChI is InChI=1S/C14H22O2Si/c1-10(2)17(16,11(3)4)14-8-12(5)6-7-13(14)9-15/h6-11,16H,1-5H3. The first-order valence-corrected chi connectivity index (χ1v) is 8.22. The van der Waals surface area contributed by atoms with Crippen molar-refractivity contribution in [2.24, 2.45) is 0 Å². The Bertz CT molecular complexity index is 403. The topological polar surface area (TPSA) is 37.3 Å². The van der Waals surface area contributed by atoms with Crippen LogP contribution in [0, 0.1) is 6.92 Å². The molecule has 0 saturated carbocycles. The number of rotatable bonds is 4. The van der Waals surface area contributed by atoms with Gasteiger partial charge in [-0.15, -0.1) is 0 Å². The lowest BCUT2D eigenvalue weighted by molar-refractivity contribution is 0.112. The highest BCUT2D eigenvalue weighted by Gasteiger charge is 2.42. The van der Waals surface area contributed by atoms with E-state index in [2.05, 4.69) is 0 Å². The molecule has 0 aliphatic carbocycles. The maximum absolute atomic E-state index is 11.1. The van der Waals surface area contributed by atoms with Gasteiger partial charge in [-0.25, -0.2) is 0 Å². The number of aryl methyl sites for hydroxylation is 1. The lowest BCUT2D eigenvalue weighted by atomic mass is 10.2. The van der Waals surface area contributed by atoms with Gasteiger partial charge in [0.05, 0.1) is 0 Å². The molecule has 0 spiro atoms. The number of hydrogen-bond donors (Lipinski definition) is 1. The molecule has 0 heterocycles. The number of carbonyl (C=O) groups excluding carboxylic acids is 1. The third kappa shape index (κ3) is 2.50. The average Bonchev–Trinajstić information content (AvgIpc) is 2.27. The Morgan fingerprint density at radius 1 is 1.18 bits per heavy atom. The molecule has 0 atom stereocenters. The van der Waals surface area contributed by atoms with E-state index in [9.17, 15) is 9.59 Å². The quantitative estimate of drug-likeness (QED) is 0.659. The van der Waals surface area contributed by atoms with Gasteiger partial charge < -0.3 is 4.80 Å². The number of benzene rings is 1. The average molecular weight is 250 g/mol. The first-order chi connectivity index (χ1) is 7.83. The molecular weight excluding hydrogens is 228 g/mol. The summed E-state index contributed by atoms with van der Waals surface area (Å²) in [4.78, 5) is 22.2. The highest BCUT2D eigenvalue weighted by atomic mass is 28.4. The minimum Gasteiger partial charge on any atom is -0.427 e. The van der Waals surface area contributed by atoms with Crippen molar-refractivity contribution in [2.75, 3.05) is 0 Å². The Labute approximate surface area is 105 Å². The highest BCUT2D eigenvalue weighted by Crippen LogP contribution is 2.30. The molecule has 0 amide bonds. The maximum atomic E-state index is 11.1. The molecule has 0 aliphatic rings. The zero-order valence-corrected chi connectivity index (χ0v) is 12.3. The second-order valence-electron chi connectivity index (χ2n) is 5.34. The van der Waals surface area contributed by atoms with Crippen LogP contribution in [0.15, 0.2) is 18.2 Å². The molecule has 1 aromatic rings.